The van der Waals surface area contributed by atoms with E-state index in [1.54, 1.807) is 11.9 Å². The Hall–Kier alpha value is -1.96. The van der Waals surface area contributed by atoms with Gasteiger partial charge in [0, 0.05) is 25.8 Å². The van der Waals surface area contributed by atoms with Crippen LogP contribution < -0.4 is 10.6 Å². The lowest BCUT2D eigenvalue weighted by Gasteiger charge is -2.43. The second kappa shape index (κ2) is 7.96. The summed E-state index contributed by atoms with van der Waals surface area (Å²) in [6.45, 7) is 2.98. The number of carbonyl (C=O) groups excluding carboxylic acids is 2. The fraction of sp³-hybridized carbons (Fsp3) is 0.600. The van der Waals surface area contributed by atoms with Gasteiger partial charge < -0.3 is 15.0 Å². The van der Waals surface area contributed by atoms with Crippen molar-refractivity contribution in [1.82, 2.24) is 15.1 Å². The zero-order valence-corrected chi connectivity index (χ0v) is 15.8. The number of morpholine rings is 1. The fourth-order valence-corrected chi connectivity index (χ4v) is 3.87. The molecule has 27 heavy (non-hydrogen) atoms. The van der Waals surface area contributed by atoms with Gasteiger partial charge >= 0.3 is 0 Å². The summed E-state index contributed by atoms with van der Waals surface area (Å²) < 4.78 is 5.40. The van der Waals surface area contributed by atoms with Gasteiger partial charge in [-0.05, 0) is 36.5 Å². The highest BCUT2D eigenvalue weighted by Gasteiger charge is 2.35. The van der Waals surface area contributed by atoms with Gasteiger partial charge in [-0.3, -0.25) is 19.8 Å². The van der Waals surface area contributed by atoms with E-state index in [0.29, 0.717) is 25.6 Å². The van der Waals surface area contributed by atoms with E-state index in [4.69, 9.17) is 4.74 Å². The van der Waals surface area contributed by atoms with Crippen molar-refractivity contribution in [2.75, 3.05) is 38.7 Å². The van der Waals surface area contributed by atoms with Crippen LogP contribution in [0.15, 0.2) is 24.3 Å². The third-order valence-electron chi connectivity index (χ3n) is 5.70. The lowest BCUT2D eigenvalue weighted by atomic mass is 10.1. The Balaban J connectivity index is 1.36. The molecule has 2 heterocycles. The van der Waals surface area contributed by atoms with Crippen LogP contribution in [0.2, 0.25) is 0 Å². The number of nitrogens with one attached hydrogen (secondary N) is 2. The maximum Gasteiger partial charge on any atom is 0.227 e. The van der Waals surface area contributed by atoms with Crippen molar-refractivity contribution in [2.24, 2.45) is 0 Å². The summed E-state index contributed by atoms with van der Waals surface area (Å²) in [4.78, 5) is 28.9. The third kappa shape index (κ3) is 4.48. The molecule has 0 aromatic heterocycles. The van der Waals surface area contributed by atoms with E-state index in [2.05, 4.69) is 27.7 Å². The SMILES string of the molecule is CN1C(=O)CC(N2CCOCC2)NC1CC(=O)Nc1cccc(C2CC2)c1. The predicted molar refractivity (Wildman–Crippen MR) is 102 cm³/mol. The van der Waals surface area contributed by atoms with Crippen molar-refractivity contribution in [2.45, 2.75) is 43.9 Å². The van der Waals surface area contributed by atoms with Crippen LogP contribution in [0.5, 0.6) is 0 Å². The highest BCUT2D eigenvalue weighted by molar-refractivity contribution is 5.91. The molecule has 2 atom stereocenters. The van der Waals surface area contributed by atoms with E-state index in [1.807, 2.05) is 12.1 Å². The molecule has 0 bridgehead atoms. The predicted octanol–water partition coefficient (Wildman–Crippen LogP) is 1.33. The summed E-state index contributed by atoms with van der Waals surface area (Å²) in [5.41, 5.74) is 2.13. The number of hydrogen-bond donors (Lipinski definition) is 2. The Bertz CT molecular complexity index is 700. The Morgan fingerprint density at radius 2 is 2.07 bits per heavy atom. The first-order valence-electron chi connectivity index (χ1n) is 9.83. The van der Waals surface area contributed by atoms with Crippen LogP contribution in [-0.4, -0.2) is 67.3 Å². The van der Waals surface area contributed by atoms with Gasteiger partial charge in [-0.15, -0.1) is 0 Å². The zero-order valence-electron chi connectivity index (χ0n) is 15.8. The molecule has 3 fully saturated rings. The van der Waals surface area contributed by atoms with Crippen LogP contribution in [0, 0.1) is 0 Å². The molecule has 1 saturated carbocycles. The van der Waals surface area contributed by atoms with Crippen LogP contribution >= 0.6 is 0 Å². The topological polar surface area (TPSA) is 73.9 Å². The minimum absolute atomic E-state index is 0.0337. The Kier molecular flexibility index (Phi) is 5.43. The summed E-state index contributed by atoms with van der Waals surface area (Å²) in [5, 5.41) is 6.47. The van der Waals surface area contributed by atoms with Crippen LogP contribution in [-0.2, 0) is 14.3 Å². The van der Waals surface area contributed by atoms with Gasteiger partial charge in [0.25, 0.3) is 0 Å². The molecule has 0 spiro atoms. The summed E-state index contributed by atoms with van der Waals surface area (Å²) in [5.74, 6) is 0.640. The Morgan fingerprint density at radius 3 is 2.81 bits per heavy atom. The second-order valence-electron chi connectivity index (χ2n) is 7.71. The summed E-state index contributed by atoms with van der Waals surface area (Å²) >= 11 is 0. The molecule has 4 rings (SSSR count). The second-order valence-corrected chi connectivity index (χ2v) is 7.71. The third-order valence-corrected chi connectivity index (χ3v) is 5.70. The molecule has 3 aliphatic rings. The van der Waals surface area contributed by atoms with Crippen LogP contribution in [0.25, 0.3) is 0 Å². The van der Waals surface area contributed by atoms with Gasteiger partial charge in [-0.25, -0.2) is 0 Å². The monoisotopic (exact) mass is 372 g/mol. The van der Waals surface area contributed by atoms with Crippen molar-refractivity contribution in [3.8, 4) is 0 Å². The molecule has 1 aromatic rings. The first-order valence-corrected chi connectivity index (χ1v) is 9.83. The standard InChI is InChI=1S/C20H28N4O3/c1-23-17(22-18(13-20(23)26)24-7-9-27-10-8-24)12-19(25)21-16-4-2-3-15(11-16)14-5-6-14/h2-4,11,14,17-18,22H,5-10,12-13H2,1H3,(H,21,25). The minimum Gasteiger partial charge on any atom is -0.379 e. The van der Waals surface area contributed by atoms with Crippen molar-refractivity contribution in [3.05, 3.63) is 29.8 Å². The molecule has 146 valence electrons. The highest BCUT2D eigenvalue weighted by Crippen LogP contribution is 2.40. The van der Waals surface area contributed by atoms with Crippen LogP contribution in [0.3, 0.4) is 0 Å². The highest BCUT2D eigenvalue weighted by atomic mass is 16.5. The lowest BCUT2D eigenvalue weighted by molar-refractivity contribution is -0.141. The van der Waals surface area contributed by atoms with Gasteiger partial charge in [-0.1, -0.05) is 12.1 Å². The fourth-order valence-electron chi connectivity index (χ4n) is 3.87. The van der Waals surface area contributed by atoms with Gasteiger partial charge in [-0.2, -0.15) is 0 Å². The molecule has 2 unspecified atom stereocenters. The molecular formula is C20H28N4O3. The number of anilines is 1. The molecule has 2 amide bonds. The maximum atomic E-state index is 12.6. The minimum atomic E-state index is -0.300. The average molecular weight is 372 g/mol. The smallest absolute Gasteiger partial charge is 0.227 e. The van der Waals surface area contributed by atoms with E-state index in [0.717, 1.165) is 18.8 Å². The van der Waals surface area contributed by atoms with E-state index in [-0.39, 0.29) is 30.6 Å². The molecule has 2 saturated heterocycles. The van der Waals surface area contributed by atoms with Crippen molar-refractivity contribution in [3.63, 3.8) is 0 Å². The van der Waals surface area contributed by atoms with Gasteiger partial charge in [0.1, 0.15) is 0 Å². The number of ether oxygens (including phenoxy) is 1. The van der Waals surface area contributed by atoms with Gasteiger partial charge in [0.2, 0.25) is 11.8 Å². The Morgan fingerprint density at radius 1 is 1.30 bits per heavy atom. The van der Waals surface area contributed by atoms with Crippen LogP contribution in [0.4, 0.5) is 5.69 Å². The molecule has 7 heteroatoms. The molecule has 1 aromatic carbocycles. The van der Waals surface area contributed by atoms with Gasteiger partial charge in [0.05, 0.1) is 38.4 Å². The van der Waals surface area contributed by atoms with Crippen molar-refractivity contribution in [1.29, 1.82) is 0 Å². The normalized spacial score (nSPS) is 26.9. The summed E-state index contributed by atoms with van der Waals surface area (Å²) in [7, 11) is 1.76. The summed E-state index contributed by atoms with van der Waals surface area (Å²) in [6, 6.07) is 8.10. The maximum absolute atomic E-state index is 12.6. The number of benzene rings is 1. The largest absolute Gasteiger partial charge is 0.379 e. The van der Waals surface area contributed by atoms with E-state index < -0.39 is 0 Å². The number of rotatable bonds is 5. The van der Waals surface area contributed by atoms with Crippen LogP contribution in [0.1, 0.15) is 37.2 Å². The zero-order chi connectivity index (χ0) is 18.8. The number of hydrogen-bond acceptors (Lipinski definition) is 5. The summed E-state index contributed by atoms with van der Waals surface area (Å²) in [6.07, 6.45) is 2.80. The van der Waals surface area contributed by atoms with E-state index in [9.17, 15) is 9.59 Å². The van der Waals surface area contributed by atoms with Gasteiger partial charge in [0.15, 0.2) is 0 Å². The number of carbonyl (C=O) groups is 2. The first kappa shape index (κ1) is 18.4. The molecule has 2 aliphatic heterocycles. The number of nitrogens with zero attached hydrogens (tertiary/aromatic N) is 2. The van der Waals surface area contributed by atoms with Crippen molar-refractivity contribution >= 4 is 17.5 Å². The van der Waals surface area contributed by atoms with E-state index >= 15 is 0 Å². The van der Waals surface area contributed by atoms with E-state index in [1.165, 1.54) is 18.4 Å². The molecular weight excluding hydrogens is 344 g/mol. The molecule has 0 radical (unpaired) electrons. The number of amides is 2. The lowest BCUT2D eigenvalue weighted by Crippen LogP contribution is -2.63. The molecule has 1 aliphatic carbocycles. The Labute approximate surface area is 160 Å². The quantitative estimate of drug-likeness (QED) is 0.816. The molecule has 7 nitrogen and oxygen atoms in total. The average Bonchev–Trinajstić information content (AvgIpc) is 3.51. The molecule has 2 N–H and O–H groups in total. The van der Waals surface area contributed by atoms with Crippen molar-refractivity contribution < 1.29 is 14.3 Å². The first-order chi connectivity index (χ1) is 13.1.